The van der Waals surface area contributed by atoms with Crippen molar-refractivity contribution in [2.24, 2.45) is 23.5 Å². The summed E-state index contributed by atoms with van der Waals surface area (Å²) in [4.78, 5) is 15.2. The number of nitrogens with zero attached hydrogens (tertiary/aromatic N) is 1. The normalized spacial score (nSPS) is 25.2. The maximum Gasteiger partial charge on any atom is 0.323 e. The standard InChI is InChI=1S/C24H38N2O4/c1-14(2)7-17-11-26-6-5-16-8-18(12-27)19(13-28)9-20(16)21(26)10-22(17)30-24(29)23(25)15(3)4/h8-9,14-15,17,21-23,27-28H,5-7,10-13,25H2,1-4H3/t17-,21-,22-,23+/m1/s1. The highest BCUT2D eigenvalue weighted by molar-refractivity contribution is 5.76. The van der Waals surface area contributed by atoms with Crippen LogP contribution in [0.3, 0.4) is 0 Å². The number of carbonyl (C=O) groups is 1. The second-order valence-corrected chi connectivity index (χ2v) is 9.77. The first kappa shape index (κ1) is 23.2. The van der Waals surface area contributed by atoms with Crippen LogP contribution in [-0.4, -0.2) is 46.3 Å². The van der Waals surface area contributed by atoms with Gasteiger partial charge in [0.05, 0.1) is 13.2 Å². The van der Waals surface area contributed by atoms with Crippen LogP contribution in [0.15, 0.2) is 12.1 Å². The molecule has 2 heterocycles. The van der Waals surface area contributed by atoms with Crippen LogP contribution in [0.25, 0.3) is 0 Å². The fraction of sp³-hybridized carbons (Fsp3) is 0.708. The molecule has 0 spiro atoms. The number of nitrogens with two attached hydrogens (primary N) is 1. The van der Waals surface area contributed by atoms with Gasteiger partial charge in [-0.3, -0.25) is 9.69 Å². The topological polar surface area (TPSA) is 96.0 Å². The van der Waals surface area contributed by atoms with Gasteiger partial charge in [-0.25, -0.2) is 0 Å². The molecule has 1 aromatic carbocycles. The SMILES string of the molecule is CC(C)C[C@@H]1CN2CCc3cc(CO)c(CO)cc3[C@H]2C[C@H]1OC(=O)[C@@H](N)C(C)C. The average molecular weight is 419 g/mol. The van der Waals surface area contributed by atoms with E-state index in [0.29, 0.717) is 11.8 Å². The quantitative estimate of drug-likeness (QED) is 0.589. The van der Waals surface area contributed by atoms with E-state index in [9.17, 15) is 15.0 Å². The van der Waals surface area contributed by atoms with Crippen molar-refractivity contribution in [3.63, 3.8) is 0 Å². The Kier molecular flexibility index (Phi) is 7.56. The third kappa shape index (κ3) is 4.88. The van der Waals surface area contributed by atoms with Gasteiger partial charge in [-0.15, -0.1) is 0 Å². The number of carbonyl (C=O) groups excluding carboxylic acids is 1. The Balaban J connectivity index is 1.88. The van der Waals surface area contributed by atoms with Crippen molar-refractivity contribution in [3.8, 4) is 0 Å². The average Bonchev–Trinajstić information content (AvgIpc) is 2.71. The number of aliphatic hydroxyl groups is 2. The molecule has 6 heteroatoms. The molecule has 4 atom stereocenters. The molecule has 3 rings (SSSR count). The molecule has 0 radical (unpaired) electrons. The minimum absolute atomic E-state index is 0.0422. The highest BCUT2D eigenvalue weighted by Crippen LogP contribution is 2.42. The Morgan fingerprint density at radius 2 is 1.87 bits per heavy atom. The van der Waals surface area contributed by atoms with Gasteiger partial charge in [-0.05, 0) is 46.9 Å². The highest BCUT2D eigenvalue weighted by atomic mass is 16.5. The van der Waals surface area contributed by atoms with Crippen molar-refractivity contribution in [1.82, 2.24) is 4.90 Å². The van der Waals surface area contributed by atoms with Crippen LogP contribution >= 0.6 is 0 Å². The molecule has 1 fully saturated rings. The van der Waals surface area contributed by atoms with Crippen LogP contribution in [-0.2, 0) is 29.2 Å². The molecule has 0 unspecified atom stereocenters. The van der Waals surface area contributed by atoms with Crippen LogP contribution in [0.2, 0.25) is 0 Å². The number of fused-ring (bicyclic) bond motifs is 3. The second-order valence-electron chi connectivity index (χ2n) is 9.77. The van der Waals surface area contributed by atoms with Gasteiger partial charge >= 0.3 is 5.97 Å². The first-order valence-corrected chi connectivity index (χ1v) is 11.3. The van der Waals surface area contributed by atoms with Gasteiger partial charge in [0.25, 0.3) is 0 Å². The third-order valence-electron chi connectivity index (χ3n) is 6.75. The molecule has 168 valence electrons. The molecule has 6 nitrogen and oxygen atoms in total. The van der Waals surface area contributed by atoms with E-state index in [2.05, 4.69) is 18.7 Å². The zero-order valence-electron chi connectivity index (χ0n) is 18.8. The number of hydrogen-bond acceptors (Lipinski definition) is 6. The first-order valence-electron chi connectivity index (χ1n) is 11.3. The Labute approximate surface area is 180 Å². The number of piperidine rings is 1. The fourth-order valence-electron chi connectivity index (χ4n) is 5.00. The summed E-state index contributed by atoms with van der Waals surface area (Å²) >= 11 is 0. The molecule has 0 saturated carbocycles. The van der Waals surface area contributed by atoms with Crippen molar-refractivity contribution in [2.45, 2.75) is 78.4 Å². The Morgan fingerprint density at radius 3 is 2.47 bits per heavy atom. The molecule has 0 aliphatic carbocycles. The van der Waals surface area contributed by atoms with E-state index in [0.717, 1.165) is 43.5 Å². The molecule has 1 aromatic rings. The lowest BCUT2D eigenvalue weighted by atomic mass is 9.78. The number of hydrogen-bond donors (Lipinski definition) is 3. The van der Waals surface area contributed by atoms with E-state index in [-0.39, 0.29) is 37.2 Å². The molecule has 30 heavy (non-hydrogen) atoms. The Morgan fingerprint density at radius 1 is 1.20 bits per heavy atom. The van der Waals surface area contributed by atoms with Gasteiger partial charge in [0.1, 0.15) is 12.1 Å². The molecular weight excluding hydrogens is 380 g/mol. The van der Waals surface area contributed by atoms with Crippen LogP contribution in [0.5, 0.6) is 0 Å². The minimum atomic E-state index is -0.602. The zero-order chi connectivity index (χ0) is 22.0. The summed E-state index contributed by atoms with van der Waals surface area (Å²) in [6.07, 6.45) is 2.52. The minimum Gasteiger partial charge on any atom is -0.461 e. The first-order chi connectivity index (χ1) is 14.2. The Hall–Kier alpha value is -1.47. The molecule has 1 saturated heterocycles. The molecular formula is C24H38N2O4. The molecule has 4 N–H and O–H groups in total. The largest absolute Gasteiger partial charge is 0.461 e. The van der Waals surface area contributed by atoms with Crippen molar-refractivity contribution >= 4 is 5.97 Å². The van der Waals surface area contributed by atoms with E-state index in [1.54, 1.807) is 0 Å². The van der Waals surface area contributed by atoms with E-state index >= 15 is 0 Å². The van der Waals surface area contributed by atoms with E-state index < -0.39 is 6.04 Å². The molecule has 2 aliphatic heterocycles. The van der Waals surface area contributed by atoms with E-state index in [4.69, 9.17) is 10.5 Å². The summed E-state index contributed by atoms with van der Waals surface area (Å²) in [5.74, 6) is 0.553. The summed E-state index contributed by atoms with van der Waals surface area (Å²) in [7, 11) is 0. The highest BCUT2D eigenvalue weighted by Gasteiger charge is 2.41. The lowest BCUT2D eigenvalue weighted by Gasteiger charge is -2.47. The van der Waals surface area contributed by atoms with Gasteiger partial charge in [-0.2, -0.15) is 0 Å². The van der Waals surface area contributed by atoms with Gasteiger partial charge in [0.15, 0.2) is 0 Å². The summed E-state index contributed by atoms with van der Waals surface area (Å²) in [6.45, 7) is 9.99. The van der Waals surface area contributed by atoms with Crippen molar-refractivity contribution < 1.29 is 19.7 Å². The van der Waals surface area contributed by atoms with Gasteiger partial charge in [-0.1, -0.05) is 39.8 Å². The number of aliphatic hydroxyl groups excluding tert-OH is 2. The lowest BCUT2D eigenvalue weighted by Crippen LogP contribution is -2.51. The van der Waals surface area contributed by atoms with Crippen LogP contribution in [0.1, 0.15) is 68.8 Å². The van der Waals surface area contributed by atoms with Crippen LogP contribution in [0, 0.1) is 17.8 Å². The molecule has 0 amide bonds. The number of benzene rings is 1. The lowest BCUT2D eigenvalue weighted by molar-refractivity contribution is -0.160. The molecule has 2 aliphatic rings. The molecule has 0 bridgehead atoms. The number of rotatable bonds is 7. The van der Waals surface area contributed by atoms with Gasteiger partial charge < -0.3 is 20.7 Å². The monoisotopic (exact) mass is 418 g/mol. The zero-order valence-corrected chi connectivity index (χ0v) is 18.8. The maximum atomic E-state index is 12.7. The summed E-state index contributed by atoms with van der Waals surface area (Å²) in [6, 6.07) is 3.63. The van der Waals surface area contributed by atoms with Crippen LogP contribution < -0.4 is 5.73 Å². The predicted molar refractivity (Wildman–Crippen MR) is 117 cm³/mol. The summed E-state index contributed by atoms with van der Waals surface area (Å²) < 4.78 is 6.01. The smallest absolute Gasteiger partial charge is 0.323 e. The maximum absolute atomic E-state index is 12.7. The predicted octanol–water partition coefficient (Wildman–Crippen LogP) is 2.53. The Bertz CT molecular complexity index is 749. The van der Waals surface area contributed by atoms with Gasteiger partial charge in [0, 0.05) is 31.5 Å². The van der Waals surface area contributed by atoms with Crippen molar-refractivity contribution in [3.05, 3.63) is 34.4 Å². The molecule has 0 aromatic heterocycles. The second kappa shape index (κ2) is 9.77. The third-order valence-corrected chi connectivity index (χ3v) is 6.75. The van der Waals surface area contributed by atoms with E-state index in [1.165, 1.54) is 11.1 Å². The van der Waals surface area contributed by atoms with Crippen LogP contribution in [0.4, 0.5) is 0 Å². The number of esters is 1. The summed E-state index contributed by atoms with van der Waals surface area (Å²) in [5.41, 5.74) is 10.1. The number of ether oxygens (including phenoxy) is 1. The van der Waals surface area contributed by atoms with Crippen molar-refractivity contribution in [2.75, 3.05) is 13.1 Å². The fourth-order valence-corrected chi connectivity index (χ4v) is 5.00. The summed E-state index contributed by atoms with van der Waals surface area (Å²) in [5, 5.41) is 19.4. The van der Waals surface area contributed by atoms with E-state index in [1.807, 2.05) is 26.0 Å². The van der Waals surface area contributed by atoms with Crippen molar-refractivity contribution in [1.29, 1.82) is 0 Å². The van der Waals surface area contributed by atoms with Gasteiger partial charge in [0.2, 0.25) is 0 Å².